The molecule has 15 heavy (non-hydrogen) atoms. The summed E-state index contributed by atoms with van der Waals surface area (Å²) < 4.78 is 4.96. The molecule has 0 aliphatic rings. The molecule has 0 aliphatic carbocycles. The van der Waals surface area contributed by atoms with Gasteiger partial charge in [-0.2, -0.15) is 5.10 Å². The SMILES string of the molecule is COCCN(C)c1nnccc1C(=N)N. The molecule has 1 aromatic heterocycles. The molecule has 0 unspecified atom stereocenters. The van der Waals surface area contributed by atoms with E-state index in [2.05, 4.69) is 10.2 Å². The number of nitrogen functional groups attached to an aromatic ring is 1. The molecule has 3 N–H and O–H groups in total. The molecular weight excluding hydrogens is 194 g/mol. The lowest BCUT2D eigenvalue weighted by Crippen LogP contribution is -2.27. The van der Waals surface area contributed by atoms with Crippen LogP contribution >= 0.6 is 0 Å². The van der Waals surface area contributed by atoms with Gasteiger partial charge in [0, 0.05) is 20.7 Å². The van der Waals surface area contributed by atoms with E-state index < -0.39 is 0 Å². The molecule has 0 saturated heterocycles. The zero-order valence-electron chi connectivity index (χ0n) is 8.90. The molecule has 6 heteroatoms. The molecule has 1 rings (SSSR count). The van der Waals surface area contributed by atoms with Gasteiger partial charge in [0.25, 0.3) is 0 Å². The lowest BCUT2D eigenvalue weighted by Gasteiger charge is -2.19. The Balaban J connectivity index is 2.87. The molecule has 0 atom stereocenters. The van der Waals surface area contributed by atoms with Crippen LogP contribution in [-0.4, -0.2) is 43.3 Å². The van der Waals surface area contributed by atoms with Crippen molar-refractivity contribution in [1.29, 1.82) is 5.41 Å². The van der Waals surface area contributed by atoms with Gasteiger partial charge in [-0.3, -0.25) is 5.41 Å². The van der Waals surface area contributed by atoms with Gasteiger partial charge in [-0.1, -0.05) is 0 Å². The van der Waals surface area contributed by atoms with Crippen LogP contribution in [0, 0.1) is 5.41 Å². The van der Waals surface area contributed by atoms with E-state index in [1.165, 1.54) is 6.20 Å². The topological polar surface area (TPSA) is 88.1 Å². The van der Waals surface area contributed by atoms with E-state index in [-0.39, 0.29) is 5.84 Å². The summed E-state index contributed by atoms with van der Waals surface area (Å²) in [5.74, 6) is 0.589. The summed E-state index contributed by atoms with van der Waals surface area (Å²) in [6, 6.07) is 1.67. The maximum absolute atomic E-state index is 7.40. The van der Waals surface area contributed by atoms with Crippen molar-refractivity contribution in [3.8, 4) is 0 Å². The summed E-state index contributed by atoms with van der Waals surface area (Å²) in [7, 11) is 3.49. The van der Waals surface area contributed by atoms with Crippen LogP contribution in [0.15, 0.2) is 12.3 Å². The molecule has 0 spiro atoms. The Labute approximate surface area is 88.6 Å². The zero-order valence-corrected chi connectivity index (χ0v) is 8.90. The van der Waals surface area contributed by atoms with Crippen LogP contribution in [0.4, 0.5) is 5.82 Å². The highest BCUT2D eigenvalue weighted by molar-refractivity contribution is 5.99. The maximum atomic E-state index is 7.40. The number of nitrogens with zero attached hydrogens (tertiary/aromatic N) is 3. The van der Waals surface area contributed by atoms with E-state index in [0.29, 0.717) is 24.5 Å². The van der Waals surface area contributed by atoms with E-state index in [1.807, 2.05) is 11.9 Å². The van der Waals surface area contributed by atoms with Crippen molar-refractivity contribution >= 4 is 11.7 Å². The van der Waals surface area contributed by atoms with Crippen molar-refractivity contribution in [3.63, 3.8) is 0 Å². The van der Waals surface area contributed by atoms with Gasteiger partial charge in [-0.25, -0.2) is 0 Å². The van der Waals surface area contributed by atoms with E-state index >= 15 is 0 Å². The Morgan fingerprint density at radius 1 is 1.67 bits per heavy atom. The third kappa shape index (κ3) is 2.88. The number of aromatic nitrogens is 2. The molecule has 6 nitrogen and oxygen atoms in total. The van der Waals surface area contributed by atoms with Crippen molar-refractivity contribution < 1.29 is 4.74 Å². The molecule has 1 heterocycles. The predicted octanol–water partition coefficient (Wildman–Crippen LogP) is -0.157. The number of methoxy groups -OCH3 is 1. The number of rotatable bonds is 5. The maximum Gasteiger partial charge on any atom is 0.162 e. The van der Waals surface area contributed by atoms with Gasteiger partial charge in [0.1, 0.15) is 5.84 Å². The fourth-order valence-corrected chi connectivity index (χ4v) is 1.15. The number of hydrogen-bond acceptors (Lipinski definition) is 5. The quantitative estimate of drug-likeness (QED) is 0.520. The Morgan fingerprint density at radius 2 is 2.40 bits per heavy atom. The largest absolute Gasteiger partial charge is 0.384 e. The van der Waals surface area contributed by atoms with Crippen molar-refractivity contribution in [2.24, 2.45) is 5.73 Å². The average Bonchev–Trinajstić information content (AvgIpc) is 2.25. The van der Waals surface area contributed by atoms with Crippen LogP contribution in [0.1, 0.15) is 5.56 Å². The lowest BCUT2D eigenvalue weighted by molar-refractivity contribution is 0.206. The van der Waals surface area contributed by atoms with Gasteiger partial charge in [0.15, 0.2) is 5.82 Å². The molecule has 82 valence electrons. The molecular formula is C9H15N5O. The van der Waals surface area contributed by atoms with E-state index in [9.17, 15) is 0 Å². The highest BCUT2D eigenvalue weighted by atomic mass is 16.5. The van der Waals surface area contributed by atoms with Gasteiger partial charge in [-0.05, 0) is 6.07 Å². The number of nitrogens with two attached hydrogens (primary N) is 1. The lowest BCUT2D eigenvalue weighted by atomic mass is 10.2. The minimum atomic E-state index is -0.0100. The Kier molecular flexibility index (Phi) is 3.99. The normalized spacial score (nSPS) is 10.0. The van der Waals surface area contributed by atoms with Crippen molar-refractivity contribution in [3.05, 3.63) is 17.8 Å². The minimum Gasteiger partial charge on any atom is -0.384 e. The highest BCUT2D eigenvalue weighted by Crippen LogP contribution is 2.13. The molecule has 0 radical (unpaired) electrons. The summed E-state index contributed by atoms with van der Waals surface area (Å²) in [6.45, 7) is 1.26. The third-order valence-electron chi connectivity index (χ3n) is 1.98. The van der Waals surface area contributed by atoms with Crippen molar-refractivity contribution in [1.82, 2.24) is 10.2 Å². The summed E-state index contributed by atoms with van der Waals surface area (Å²) >= 11 is 0. The molecule has 0 amide bonds. The van der Waals surface area contributed by atoms with Gasteiger partial charge < -0.3 is 15.4 Å². The Bertz CT molecular complexity index is 341. The zero-order chi connectivity index (χ0) is 11.3. The second-order valence-electron chi connectivity index (χ2n) is 3.10. The van der Waals surface area contributed by atoms with E-state index in [4.69, 9.17) is 15.9 Å². The standard InChI is InChI=1S/C9H15N5O/c1-14(5-6-15-2)9-7(8(10)11)3-4-12-13-9/h3-4H,5-6H2,1-2H3,(H3,10,11). The van der Waals surface area contributed by atoms with Gasteiger partial charge in [0.05, 0.1) is 18.4 Å². The number of hydrogen-bond donors (Lipinski definition) is 2. The molecule has 0 fully saturated rings. The molecule has 0 aromatic carbocycles. The fourth-order valence-electron chi connectivity index (χ4n) is 1.15. The molecule has 0 bridgehead atoms. The predicted molar refractivity (Wildman–Crippen MR) is 58.2 cm³/mol. The first-order valence-electron chi connectivity index (χ1n) is 4.53. The van der Waals surface area contributed by atoms with Crippen molar-refractivity contribution in [2.75, 3.05) is 32.2 Å². The fraction of sp³-hybridized carbons (Fsp3) is 0.444. The first kappa shape index (κ1) is 11.4. The monoisotopic (exact) mass is 209 g/mol. The van der Waals surface area contributed by atoms with Crippen LogP contribution in [0.25, 0.3) is 0 Å². The number of anilines is 1. The van der Waals surface area contributed by atoms with E-state index in [1.54, 1.807) is 13.2 Å². The van der Waals surface area contributed by atoms with Crippen molar-refractivity contribution in [2.45, 2.75) is 0 Å². The number of likely N-dealkylation sites (N-methyl/N-ethyl adjacent to an activating group) is 1. The first-order chi connectivity index (χ1) is 7.16. The van der Waals surface area contributed by atoms with Gasteiger partial charge >= 0.3 is 0 Å². The Morgan fingerprint density at radius 3 is 3.00 bits per heavy atom. The summed E-state index contributed by atoms with van der Waals surface area (Å²) in [5.41, 5.74) is 6.03. The number of amidine groups is 1. The van der Waals surface area contributed by atoms with Crippen LogP contribution in [-0.2, 0) is 4.74 Å². The first-order valence-corrected chi connectivity index (χ1v) is 4.53. The summed E-state index contributed by atoms with van der Waals surface area (Å²) in [5, 5.41) is 15.1. The van der Waals surface area contributed by atoms with Crippen LogP contribution < -0.4 is 10.6 Å². The second kappa shape index (κ2) is 5.26. The van der Waals surface area contributed by atoms with E-state index in [0.717, 1.165) is 0 Å². The molecule has 0 saturated carbocycles. The second-order valence-corrected chi connectivity index (χ2v) is 3.10. The highest BCUT2D eigenvalue weighted by Gasteiger charge is 2.10. The average molecular weight is 209 g/mol. The summed E-state index contributed by atoms with van der Waals surface area (Å²) in [6.07, 6.45) is 1.52. The molecule has 0 aliphatic heterocycles. The minimum absolute atomic E-state index is 0.0100. The van der Waals surface area contributed by atoms with Gasteiger partial charge in [-0.15, -0.1) is 5.10 Å². The number of nitrogens with one attached hydrogen (secondary N) is 1. The smallest absolute Gasteiger partial charge is 0.162 e. The van der Waals surface area contributed by atoms with Gasteiger partial charge in [0.2, 0.25) is 0 Å². The molecule has 1 aromatic rings. The number of ether oxygens (including phenoxy) is 1. The van der Waals surface area contributed by atoms with Crippen LogP contribution in [0.3, 0.4) is 0 Å². The third-order valence-corrected chi connectivity index (χ3v) is 1.98. The Hall–Kier alpha value is -1.69. The van der Waals surface area contributed by atoms with Crippen LogP contribution in [0.5, 0.6) is 0 Å². The summed E-state index contributed by atoms with van der Waals surface area (Å²) in [4.78, 5) is 1.85. The van der Waals surface area contributed by atoms with Crippen LogP contribution in [0.2, 0.25) is 0 Å².